The first-order valence-electron chi connectivity index (χ1n) is 7.12. The molecule has 0 bridgehead atoms. The standard InChI is InChI=1S/C16H24FNO/c1-11(2)15(10-19-3)18-16(12-4-5-12)13-6-8-14(17)9-7-13/h6-9,11-12,15-16,18H,4-5,10H2,1-3H3. The molecule has 0 heterocycles. The minimum atomic E-state index is -0.171. The maximum atomic E-state index is 13.0. The second-order valence-corrected chi connectivity index (χ2v) is 5.84. The molecule has 1 aromatic rings. The lowest BCUT2D eigenvalue weighted by atomic mass is 9.98. The van der Waals surface area contributed by atoms with Crippen LogP contribution in [0.1, 0.15) is 38.3 Å². The Morgan fingerprint density at radius 1 is 1.26 bits per heavy atom. The average Bonchev–Trinajstić information content (AvgIpc) is 3.20. The highest BCUT2D eigenvalue weighted by atomic mass is 19.1. The predicted octanol–water partition coefficient (Wildman–Crippen LogP) is 3.54. The zero-order valence-electron chi connectivity index (χ0n) is 12.0. The molecule has 0 radical (unpaired) electrons. The summed E-state index contributed by atoms with van der Waals surface area (Å²) in [7, 11) is 1.74. The molecular formula is C16H24FNO. The predicted molar refractivity (Wildman–Crippen MR) is 75.5 cm³/mol. The zero-order chi connectivity index (χ0) is 13.8. The highest BCUT2D eigenvalue weighted by Gasteiger charge is 2.34. The number of hydrogen-bond donors (Lipinski definition) is 1. The van der Waals surface area contributed by atoms with Gasteiger partial charge in [0.05, 0.1) is 6.61 Å². The van der Waals surface area contributed by atoms with Gasteiger partial charge in [0.2, 0.25) is 0 Å². The molecule has 0 aliphatic heterocycles. The molecular weight excluding hydrogens is 241 g/mol. The maximum absolute atomic E-state index is 13.0. The van der Waals surface area contributed by atoms with Crippen molar-refractivity contribution in [3.8, 4) is 0 Å². The summed E-state index contributed by atoms with van der Waals surface area (Å²) in [6.07, 6.45) is 2.51. The third-order valence-electron chi connectivity index (χ3n) is 3.87. The van der Waals surface area contributed by atoms with E-state index in [0.717, 1.165) is 0 Å². The van der Waals surface area contributed by atoms with Crippen LogP contribution in [0.15, 0.2) is 24.3 Å². The van der Waals surface area contributed by atoms with Gasteiger partial charge < -0.3 is 10.1 Å². The second kappa shape index (κ2) is 6.49. The van der Waals surface area contributed by atoms with Gasteiger partial charge in [-0.05, 0) is 42.4 Å². The molecule has 1 fully saturated rings. The molecule has 2 atom stereocenters. The van der Waals surface area contributed by atoms with E-state index in [1.54, 1.807) is 19.2 Å². The molecule has 0 spiro atoms. The molecule has 1 saturated carbocycles. The molecule has 2 nitrogen and oxygen atoms in total. The van der Waals surface area contributed by atoms with Crippen molar-refractivity contribution in [1.29, 1.82) is 0 Å². The Hall–Kier alpha value is -0.930. The van der Waals surface area contributed by atoms with Gasteiger partial charge in [0.1, 0.15) is 5.82 Å². The largest absolute Gasteiger partial charge is 0.383 e. The molecule has 1 aliphatic rings. The van der Waals surface area contributed by atoms with Gasteiger partial charge in [0.15, 0.2) is 0 Å². The van der Waals surface area contributed by atoms with E-state index < -0.39 is 0 Å². The van der Waals surface area contributed by atoms with Gasteiger partial charge in [-0.15, -0.1) is 0 Å². The second-order valence-electron chi connectivity index (χ2n) is 5.84. The molecule has 3 heteroatoms. The van der Waals surface area contributed by atoms with E-state index in [1.807, 2.05) is 12.1 Å². The van der Waals surface area contributed by atoms with E-state index >= 15 is 0 Å². The van der Waals surface area contributed by atoms with E-state index in [2.05, 4.69) is 19.2 Å². The van der Waals surface area contributed by atoms with Crippen molar-refractivity contribution in [2.24, 2.45) is 11.8 Å². The minimum absolute atomic E-state index is 0.171. The van der Waals surface area contributed by atoms with Crippen molar-refractivity contribution < 1.29 is 9.13 Å². The fraction of sp³-hybridized carbons (Fsp3) is 0.625. The zero-order valence-corrected chi connectivity index (χ0v) is 12.0. The Kier molecular flexibility index (Phi) is 4.94. The molecule has 19 heavy (non-hydrogen) atoms. The summed E-state index contributed by atoms with van der Waals surface area (Å²) in [6, 6.07) is 7.55. The molecule has 1 N–H and O–H groups in total. The van der Waals surface area contributed by atoms with Gasteiger partial charge in [-0.2, -0.15) is 0 Å². The lowest BCUT2D eigenvalue weighted by Gasteiger charge is -2.28. The molecule has 1 aromatic carbocycles. The molecule has 1 aliphatic carbocycles. The van der Waals surface area contributed by atoms with E-state index in [0.29, 0.717) is 30.5 Å². The topological polar surface area (TPSA) is 21.3 Å². The highest BCUT2D eigenvalue weighted by molar-refractivity contribution is 5.22. The molecule has 0 aromatic heterocycles. The van der Waals surface area contributed by atoms with Gasteiger partial charge in [-0.1, -0.05) is 26.0 Å². The maximum Gasteiger partial charge on any atom is 0.123 e. The van der Waals surface area contributed by atoms with Crippen LogP contribution < -0.4 is 5.32 Å². The summed E-state index contributed by atoms with van der Waals surface area (Å²) in [5.41, 5.74) is 1.19. The van der Waals surface area contributed by atoms with E-state index in [4.69, 9.17) is 4.74 Å². The number of benzene rings is 1. The summed E-state index contributed by atoms with van der Waals surface area (Å²) in [5, 5.41) is 3.70. The van der Waals surface area contributed by atoms with Gasteiger partial charge in [0.25, 0.3) is 0 Å². The van der Waals surface area contributed by atoms with Gasteiger partial charge in [-0.3, -0.25) is 0 Å². The van der Waals surface area contributed by atoms with Crippen LogP contribution >= 0.6 is 0 Å². The van der Waals surface area contributed by atoms with Crippen LogP contribution in [0.2, 0.25) is 0 Å². The van der Waals surface area contributed by atoms with Crippen molar-refractivity contribution >= 4 is 0 Å². The van der Waals surface area contributed by atoms with Gasteiger partial charge in [-0.25, -0.2) is 4.39 Å². The smallest absolute Gasteiger partial charge is 0.123 e. The molecule has 2 rings (SSSR count). The molecule has 2 unspecified atom stereocenters. The first-order valence-corrected chi connectivity index (χ1v) is 7.12. The van der Waals surface area contributed by atoms with Crippen LogP contribution in [0.25, 0.3) is 0 Å². The van der Waals surface area contributed by atoms with E-state index in [1.165, 1.54) is 18.4 Å². The minimum Gasteiger partial charge on any atom is -0.383 e. The molecule has 0 saturated heterocycles. The SMILES string of the molecule is COCC(NC(c1ccc(F)cc1)C1CC1)C(C)C. The van der Waals surface area contributed by atoms with Crippen LogP contribution in [-0.2, 0) is 4.74 Å². The number of halogens is 1. The van der Waals surface area contributed by atoms with Crippen molar-refractivity contribution in [2.45, 2.75) is 38.8 Å². The van der Waals surface area contributed by atoms with Gasteiger partial charge in [0, 0.05) is 19.2 Å². The van der Waals surface area contributed by atoms with E-state index in [-0.39, 0.29) is 5.82 Å². The normalized spacial score (nSPS) is 18.6. The third-order valence-corrected chi connectivity index (χ3v) is 3.87. The highest BCUT2D eigenvalue weighted by Crippen LogP contribution is 2.41. The lowest BCUT2D eigenvalue weighted by Crippen LogP contribution is -2.40. The fourth-order valence-electron chi connectivity index (χ4n) is 2.45. The summed E-state index contributed by atoms with van der Waals surface area (Å²) in [6.45, 7) is 5.11. The molecule has 0 amide bonds. The van der Waals surface area contributed by atoms with Crippen LogP contribution in [0.5, 0.6) is 0 Å². The monoisotopic (exact) mass is 265 g/mol. The van der Waals surface area contributed by atoms with Crippen molar-refractivity contribution in [2.75, 3.05) is 13.7 Å². The van der Waals surface area contributed by atoms with E-state index in [9.17, 15) is 4.39 Å². The summed E-state index contributed by atoms with van der Waals surface area (Å²) >= 11 is 0. The van der Waals surface area contributed by atoms with Crippen molar-refractivity contribution in [3.63, 3.8) is 0 Å². The van der Waals surface area contributed by atoms with Crippen LogP contribution in [0.4, 0.5) is 4.39 Å². The Morgan fingerprint density at radius 2 is 1.89 bits per heavy atom. The third kappa shape index (κ3) is 4.02. The Labute approximate surface area is 115 Å². The number of methoxy groups -OCH3 is 1. The lowest BCUT2D eigenvalue weighted by molar-refractivity contribution is 0.138. The first kappa shape index (κ1) is 14.5. The van der Waals surface area contributed by atoms with Crippen molar-refractivity contribution in [1.82, 2.24) is 5.32 Å². The Morgan fingerprint density at radius 3 is 2.37 bits per heavy atom. The number of ether oxygens (including phenoxy) is 1. The summed E-state index contributed by atoms with van der Waals surface area (Å²) in [5.74, 6) is 1.03. The molecule has 106 valence electrons. The summed E-state index contributed by atoms with van der Waals surface area (Å²) in [4.78, 5) is 0. The average molecular weight is 265 g/mol. The summed E-state index contributed by atoms with van der Waals surface area (Å²) < 4.78 is 18.3. The van der Waals surface area contributed by atoms with Crippen LogP contribution in [0, 0.1) is 17.7 Å². The number of nitrogens with one attached hydrogen (secondary N) is 1. The Balaban J connectivity index is 2.09. The quantitative estimate of drug-likeness (QED) is 0.814. The van der Waals surface area contributed by atoms with Crippen LogP contribution in [-0.4, -0.2) is 19.8 Å². The Bertz CT molecular complexity index is 386. The number of hydrogen-bond acceptors (Lipinski definition) is 2. The first-order chi connectivity index (χ1) is 9.11. The van der Waals surface area contributed by atoms with Gasteiger partial charge >= 0.3 is 0 Å². The fourth-order valence-corrected chi connectivity index (χ4v) is 2.45. The van der Waals surface area contributed by atoms with Crippen LogP contribution in [0.3, 0.4) is 0 Å². The van der Waals surface area contributed by atoms with Crippen molar-refractivity contribution in [3.05, 3.63) is 35.6 Å². The number of rotatable bonds is 7.